The SMILES string of the molecule is CCC1Cc2cnccc2C1CC. The molecule has 0 bridgehead atoms. The highest BCUT2D eigenvalue weighted by Gasteiger charge is 2.29. The number of aromatic nitrogens is 1. The molecule has 1 aromatic rings. The van der Waals surface area contributed by atoms with Crippen molar-refractivity contribution in [3.05, 3.63) is 29.6 Å². The second-order valence-corrected chi connectivity index (χ2v) is 3.96. The topological polar surface area (TPSA) is 12.9 Å². The van der Waals surface area contributed by atoms with Gasteiger partial charge in [-0.05, 0) is 41.9 Å². The van der Waals surface area contributed by atoms with Gasteiger partial charge in [0.05, 0.1) is 0 Å². The highest BCUT2D eigenvalue weighted by molar-refractivity contribution is 5.33. The summed E-state index contributed by atoms with van der Waals surface area (Å²) in [5.74, 6) is 1.66. The fourth-order valence-electron chi connectivity index (χ4n) is 2.63. The molecule has 1 aromatic heterocycles. The molecular formula is C12H17N. The van der Waals surface area contributed by atoms with Crippen molar-refractivity contribution in [3.8, 4) is 0 Å². The lowest BCUT2D eigenvalue weighted by atomic mass is 9.89. The molecule has 1 heterocycles. The Bertz CT molecular complexity index is 293. The molecule has 0 radical (unpaired) electrons. The Morgan fingerprint density at radius 1 is 1.38 bits per heavy atom. The second kappa shape index (κ2) is 3.49. The van der Waals surface area contributed by atoms with Crippen molar-refractivity contribution >= 4 is 0 Å². The van der Waals surface area contributed by atoms with Gasteiger partial charge in [-0.15, -0.1) is 0 Å². The van der Waals surface area contributed by atoms with E-state index in [2.05, 4.69) is 24.9 Å². The summed E-state index contributed by atoms with van der Waals surface area (Å²) in [6.45, 7) is 4.59. The predicted octanol–water partition coefficient (Wildman–Crippen LogP) is 3.16. The first-order valence-electron chi connectivity index (χ1n) is 5.29. The summed E-state index contributed by atoms with van der Waals surface area (Å²) in [6.07, 6.45) is 7.80. The van der Waals surface area contributed by atoms with Crippen molar-refractivity contribution in [2.24, 2.45) is 5.92 Å². The van der Waals surface area contributed by atoms with Gasteiger partial charge in [0, 0.05) is 12.4 Å². The average molecular weight is 175 g/mol. The fourth-order valence-corrected chi connectivity index (χ4v) is 2.63. The van der Waals surface area contributed by atoms with E-state index in [0.29, 0.717) is 0 Å². The third kappa shape index (κ3) is 1.37. The van der Waals surface area contributed by atoms with Crippen LogP contribution in [0.15, 0.2) is 18.5 Å². The minimum atomic E-state index is 0.794. The molecule has 0 saturated carbocycles. The summed E-state index contributed by atoms with van der Waals surface area (Å²) >= 11 is 0. The number of hydrogen-bond acceptors (Lipinski definition) is 1. The van der Waals surface area contributed by atoms with E-state index >= 15 is 0 Å². The van der Waals surface area contributed by atoms with E-state index in [4.69, 9.17) is 0 Å². The molecule has 0 spiro atoms. The van der Waals surface area contributed by atoms with Crippen LogP contribution in [-0.4, -0.2) is 4.98 Å². The minimum absolute atomic E-state index is 0.794. The van der Waals surface area contributed by atoms with Crippen LogP contribution in [0.3, 0.4) is 0 Å². The van der Waals surface area contributed by atoms with Crippen LogP contribution in [0.5, 0.6) is 0 Å². The van der Waals surface area contributed by atoms with Crippen LogP contribution < -0.4 is 0 Å². The molecule has 1 heteroatoms. The second-order valence-electron chi connectivity index (χ2n) is 3.96. The van der Waals surface area contributed by atoms with Gasteiger partial charge in [-0.1, -0.05) is 20.3 Å². The first-order chi connectivity index (χ1) is 6.36. The monoisotopic (exact) mass is 175 g/mol. The molecule has 0 aliphatic heterocycles. The smallest absolute Gasteiger partial charge is 0.0302 e. The lowest BCUT2D eigenvalue weighted by Gasteiger charge is -2.16. The first-order valence-corrected chi connectivity index (χ1v) is 5.29. The Hall–Kier alpha value is -0.850. The lowest BCUT2D eigenvalue weighted by Crippen LogP contribution is -2.04. The number of fused-ring (bicyclic) bond motifs is 1. The van der Waals surface area contributed by atoms with Gasteiger partial charge < -0.3 is 0 Å². The zero-order valence-electron chi connectivity index (χ0n) is 8.46. The lowest BCUT2D eigenvalue weighted by molar-refractivity contribution is 0.433. The largest absolute Gasteiger partial charge is 0.264 e. The van der Waals surface area contributed by atoms with Crippen molar-refractivity contribution < 1.29 is 0 Å². The van der Waals surface area contributed by atoms with Crippen molar-refractivity contribution in [1.82, 2.24) is 4.98 Å². The molecule has 0 saturated heterocycles. The van der Waals surface area contributed by atoms with Crippen molar-refractivity contribution in [2.75, 3.05) is 0 Å². The van der Waals surface area contributed by atoms with Crippen molar-refractivity contribution in [3.63, 3.8) is 0 Å². The van der Waals surface area contributed by atoms with Crippen LogP contribution in [0.4, 0.5) is 0 Å². The van der Waals surface area contributed by atoms with Crippen LogP contribution in [-0.2, 0) is 6.42 Å². The van der Waals surface area contributed by atoms with Gasteiger partial charge in [0.25, 0.3) is 0 Å². The number of rotatable bonds is 2. The maximum Gasteiger partial charge on any atom is 0.0302 e. The highest BCUT2D eigenvalue weighted by atomic mass is 14.6. The van der Waals surface area contributed by atoms with Crippen LogP contribution >= 0.6 is 0 Å². The molecule has 13 heavy (non-hydrogen) atoms. The third-order valence-corrected chi connectivity index (χ3v) is 3.36. The fraction of sp³-hybridized carbons (Fsp3) is 0.583. The highest BCUT2D eigenvalue weighted by Crippen LogP contribution is 2.40. The average Bonchev–Trinajstić information content (AvgIpc) is 2.55. The molecule has 0 N–H and O–H groups in total. The minimum Gasteiger partial charge on any atom is -0.264 e. The molecule has 70 valence electrons. The van der Waals surface area contributed by atoms with Gasteiger partial charge in [0.15, 0.2) is 0 Å². The Labute approximate surface area is 80.2 Å². The zero-order valence-corrected chi connectivity index (χ0v) is 8.46. The van der Waals surface area contributed by atoms with Gasteiger partial charge in [-0.3, -0.25) is 4.98 Å². The molecule has 1 nitrogen and oxygen atoms in total. The molecular weight excluding hydrogens is 158 g/mol. The van der Waals surface area contributed by atoms with E-state index in [9.17, 15) is 0 Å². The van der Waals surface area contributed by atoms with Crippen LogP contribution in [0.1, 0.15) is 43.7 Å². The van der Waals surface area contributed by atoms with E-state index in [1.165, 1.54) is 24.8 Å². The Morgan fingerprint density at radius 2 is 2.23 bits per heavy atom. The van der Waals surface area contributed by atoms with Gasteiger partial charge in [-0.25, -0.2) is 0 Å². The molecule has 0 amide bonds. The summed E-state index contributed by atoms with van der Waals surface area (Å²) in [5.41, 5.74) is 3.05. The summed E-state index contributed by atoms with van der Waals surface area (Å²) in [5, 5.41) is 0. The molecule has 2 rings (SSSR count). The predicted molar refractivity (Wildman–Crippen MR) is 54.8 cm³/mol. The normalized spacial score (nSPS) is 26.0. The van der Waals surface area contributed by atoms with Crippen LogP contribution in [0.2, 0.25) is 0 Å². The number of hydrogen-bond donors (Lipinski definition) is 0. The summed E-state index contributed by atoms with van der Waals surface area (Å²) in [6, 6.07) is 2.21. The number of pyridine rings is 1. The van der Waals surface area contributed by atoms with E-state index in [1.807, 2.05) is 12.4 Å². The first kappa shape index (κ1) is 8.74. The van der Waals surface area contributed by atoms with E-state index in [1.54, 1.807) is 5.56 Å². The quantitative estimate of drug-likeness (QED) is 0.672. The Morgan fingerprint density at radius 3 is 2.92 bits per heavy atom. The molecule has 0 fully saturated rings. The van der Waals surface area contributed by atoms with Gasteiger partial charge in [0.2, 0.25) is 0 Å². The number of nitrogens with zero attached hydrogens (tertiary/aromatic N) is 1. The van der Waals surface area contributed by atoms with Crippen LogP contribution in [0.25, 0.3) is 0 Å². The summed E-state index contributed by atoms with van der Waals surface area (Å²) in [4.78, 5) is 4.19. The van der Waals surface area contributed by atoms with Gasteiger partial charge >= 0.3 is 0 Å². The Balaban J connectivity index is 2.34. The third-order valence-electron chi connectivity index (χ3n) is 3.36. The zero-order chi connectivity index (χ0) is 9.26. The maximum absolute atomic E-state index is 4.19. The standard InChI is InChI=1S/C12H17N/c1-3-9-7-10-8-13-6-5-12(10)11(9)4-2/h5-6,8-9,11H,3-4,7H2,1-2H3. The molecule has 2 unspecified atom stereocenters. The molecule has 2 atom stereocenters. The summed E-state index contributed by atoms with van der Waals surface area (Å²) < 4.78 is 0. The van der Waals surface area contributed by atoms with Crippen molar-refractivity contribution in [2.45, 2.75) is 39.0 Å². The molecule has 1 aliphatic carbocycles. The van der Waals surface area contributed by atoms with E-state index in [-0.39, 0.29) is 0 Å². The molecule has 0 aromatic carbocycles. The summed E-state index contributed by atoms with van der Waals surface area (Å²) in [7, 11) is 0. The Kier molecular flexibility index (Phi) is 2.34. The van der Waals surface area contributed by atoms with Gasteiger partial charge in [0.1, 0.15) is 0 Å². The van der Waals surface area contributed by atoms with E-state index in [0.717, 1.165) is 11.8 Å². The van der Waals surface area contributed by atoms with Crippen LogP contribution in [0, 0.1) is 5.92 Å². The van der Waals surface area contributed by atoms with Crippen molar-refractivity contribution in [1.29, 1.82) is 0 Å². The maximum atomic E-state index is 4.19. The van der Waals surface area contributed by atoms with E-state index < -0.39 is 0 Å². The molecule has 1 aliphatic rings. The van der Waals surface area contributed by atoms with Gasteiger partial charge in [-0.2, -0.15) is 0 Å².